The van der Waals surface area contributed by atoms with E-state index in [0.29, 0.717) is 11.5 Å². The van der Waals surface area contributed by atoms with Crippen LogP contribution < -0.4 is 5.32 Å². The summed E-state index contributed by atoms with van der Waals surface area (Å²) in [6, 6.07) is 9.38. The number of rotatable bonds is 6. The number of hydrogen-bond donors (Lipinski definition) is 1. The van der Waals surface area contributed by atoms with Crippen molar-refractivity contribution < 1.29 is 14.3 Å². The molecule has 1 aliphatic heterocycles. The molecule has 1 aromatic carbocycles. The van der Waals surface area contributed by atoms with Crippen molar-refractivity contribution in [1.82, 2.24) is 9.55 Å². The number of nitrogens with zero attached hydrogens (tertiary/aromatic N) is 2. The topological polar surface area (TPSA) is 73.2 Å². The van der Waals surface area contributed by atoms with E-state index in [9.17, 15) is 9.59 Å². The summed E-state index contributed by atoms with van der Waals surface area (Å²) in [5.74, 6) is -0.132. The van der Waals surface area contributed by atoms with E-state index in [4.69, 9.17) is 4.74 Å². The van der Waals surface area contributed by atoms with Gasteiger partial charge in [-0.25, -0.2) is 4.79 Å². The maximum atomic E-state index is 12.7. The third-order valence-electron chi connectivity index (χ3n) is 5.82. The van der Waals surface area contributed by atoms with Gasteiger partial charge in [0.05, 0.1) is 29.6 Å². The summed E-state index contributed by atoms with van der Waals surface area (Å²) in [6.45, 7) is 4.58. The van der Waals surface area contributed by atoms with Crippen LogP contribution in [0, 0.1) is 0 Å². The van der Waals surface area contributed by atoms with Crippen LogP contribution in [0.2, 0.25) is 0 Å². The minimum atomic E-state index is -0.385. The molecular formula is C25H31N3O3. The van der Waals surface area contributed by atoms with Gasteiger partial charge in [0, 0.05) is 11.6 Å². The highest BCUT2D eigenvalue weighted by molar-refractivity contribution is 6.03. The second kappa shape index (κ2) is 9.33. The van der Waals surface area contributed by atoms with Crippen LogP contribution in [0.25, 0.3) is 22.3 Å². The summed E-state index contributed by atoms with van der Waals surface area (Å²) in [4.78, 5) is 29.5. The lowest BCUT2D eigenvalue weighted by Crippen LogP contribution is -2.16. The Kier molecular flexibility index (Phi) is 6.78. The normalized spacial score (nSPS) is 12.6. The van der Waals surface area contributed by atoms with E-state index in [2.05, 4.69) is 24.1 Å². The van der Waals surface area contributed by atoms with Crippen LogP contribution in [0.5, 0.6) is 0 Å². The van der Waals surface area contributed by atoms with Gasteiger partial charge >= 0.3 is 5.97 Å². The molecule has 0 spiro atoms. The fourth-order valence-electron chi connectivity index (χ4n) is 4.61. The number of hydrogen-bond acceptors (Lipinski definition) is 4. The summed E-state index contributed by atoms with van der Waals surface area (Å²) in [7, 11) is 1.38. The number of nitrogens with one attached hydrogen (secondary N) is 1. The Hall–Kier alpha value is -3.15. The van der Waals surface area contributed by atoms with Crippen molar-refractivity contribution in [1.29, 1.82) is 0 Å². The molecule has 3 aromatic rings. The molecule has 3 heterocycles. The zero-order valence-corrected chi connectivity index (χ0v) is 17.7. The number of esters is 1. The summed E-state index contributed by atoms with van der Waals surface area (Å²) < 4.78 is 6.94. The van der Waals surface area contributed by atoms with Gasteiger partial charge in [0.2, 0.25) is 5.91 Å². The Morgan fingerprint density at radius 2 is 1.97 bits per heavy atom. The molecule has 0 unspecified atom stereocenters. The Morgan fingerprint density at radius 1 is 1.23 bits per heavy atom. The Bertz CT molecular complexity index is 1110. The van der Waals surface area contributed by atoms with Crippen LogP contribution in [-0.4, -0.2) is 28.5 Å². The van der Waals surface area contributed by atoms with Crippen molar-refractivity contribution in [2.24, 2.45) is 0 Å². The van der Waals surface area contributed by atoms with Crippen molar-refractivity contribution in [3.8, 4) is 11.4 Å². The second-order valence-corrected chi connectivity index (χ2v) is 7.79. The SMILES string of the molecule is C.CCCC(CCC)c1c2n(c3cc(C(=O)OC)ccc13)CC(=O)Nc1cccnc1-2. The molecule has 4 rings (SSSR count). The van der Waals surface area contributed by atoms with Crippen LogP contribution in [-0.2, 0) is 16.1 Å². The number of carbonyl (C=O) groups excluding carboxylic acids is 2. The van der Waals surface area contributed by atoms with Crippen molar-refractivity contribution >= 4 is 28.5 Å². The lowest BCUT2D eigenvalue weighted by molar-refractivity contribution is -0.116. The fraction of sp³-hybridized carbons (Fsp3) is 0.400. The fourth-order valence-corrected chi connectivity index (χ4v) is 4.61. The van der Waals surface area contributed by atoms with Crippen LogP contribution in [0.3, 0.4) is 0 Å². The molecule has 1 N–H and O–H groups in total. The zero-order chi connectivity index (χ0) is 21.3. The maximum Gasteiger partial charge on any atom is 0.337 e. The second-order valence-electron chi connectivity index (χ2n) is 7.79. The molecule has 1 aliphatic rings. The Morgan fingerprint density at radius 3 is 2.65 bits per heavy atom. The first-order valence-corrected chi connectivity index (χ1v) is 10.6. The van der Waals surface area contributed by atoms with E-state index in [1.807, 2.05) is 34.9 Å². The van der Waals surface area contributed by atoms with Gasteiger partial charge in [-0.2, -0.15) is 0 Å². The molecule has 0 atom stereocenters. The number of fused-ring (bicyclic) bond motifs is 5. The van der Waals surface area contributed by atoms with Crippen LogP contribution >= 0.6 is 0 Å². The van der Waals surface area contributed by atoms with Gasteiger partial charge in [0.25, 0.3) is 0 Å². The molecule has 0 saturated carbocycles. The van der Waals surface area contributed by atoms with Crippen molar-refractivity contribution in [3.63, 3.8) is 0 Å². The standard InChI is InChI=1S/C24H27N3O3.CH4/c1-4-7-15(8-5-2)21-17-11-10-16(24(29)30-3)13-19(17)27-14-20(28)26-18-9-6-12-25-22(18)23(21)27;/h6,9-13,15H,4-5,7-8,14H2,1-3H3,(H,26,28);1H4. The number of benzene rings is 1. The van der Waals surface area contributed by atoms with Crippen molar-refractivity contribution in [2.45, 2.75) is 59.4 Å². The Labute approximate surface area is 183 Å². The average molecular weight is 422 g/mol. The van der Waals surface area contributed by atoms with E-state index in [-0.39, 0.29) is 25.8 Å². The van der Waals surface area contributed by atoms with Gasteiger partial charge in [0.15, 0.2) is 0 Å². The van der Waals surface area contributed by atoms with Gasteiger partial charge in [-0.05, 0) is 48.6 Å². The predicted molar refractivity (Wildman–Crippen MR) is 124 cm³/mol. The molecule has 0 radical (unpaired) electrons. The van der Waals surface area contributed by atoms with Gasteiger partial charge in [0.1, 0.15) is 12.2 Å². The molecule has 0 bridgehead atoms. The molecule has 6 heteroatoms. The molecule has 0 saturated heterocycles. The molecule has 6 nitrogen and oxygen atoms in total. The van der Waals surface area contributed by atoms with Gasteiger partial charge in [-0.1, -0.05) is 40.2 Å². The molecule has 31 heavy (non-hydrogen) atoms. The molecule has 0 aliphatic carbocycles. The minimum Gasteiger partial charge on any atom is -0.465 e. The summed E-state index contributed by atoms with van der Waals surface area (Å²) in [5, 5.41) is 4.06. The van der Waals surface area contributed by atoms with E-state index in [1.165, 1.54) is 12.7 Å². The molecule has 0 fully saturated rings. The average Bonchev–Trinajstić information content (AvgIpc) is 2.97. The number of carbonyl (C=O) groups is 2. The van der Waals surface area contributed by atoms with Crippen LogP contribution in [0.1, 0.15) is 68.8 Å². The predicted octanol–water partition coefficient (Wildman–Crippen LogP) is 5.76. The van der Waals surface area contributed by atoms with Crippen molar-refractivity contribution in [2.75, 3.05) is 12.4 Å². The number of methoxy groups -OCH3 is 1. The number of amides is 1. The molecular weight excluding hydrogens is 390 g/mol. The molecule has 2 aromatic heterocycles. The maximum absolute atomic E-state index is 12.7. The quantitative estimate of drug-likeness (QED) is 0.513. The van der Waals surface area contributed by atoms with E-state index >= 15 is 0 Å². The monoisotopic (exact) mass is 421 g/mol. The first kappa shape index (κ1) is 22.5. The zero-order valence-electron chi connectivity index (χ0n) is 17.7. The van der Waals surface area contributed by atoms with E-state index in [1.54, 1.807) is 6.20 Å². The first-order chi connectivity index (χ1) is 14.6. The lowest BCUT2D eigenvalue weighted by Gasteiger charge is -2.18. The number of aromatic nitrogens is 2. The highest BCUT2D eigenvalue weighted by atomic mass is 16.5. The van der Waals surface area contributed by atoms with Crippen LogP contribution in [0.15, 0.2) is 36.5 Å². The van der Waals surface area contributed by atoms with Gasteiger partial charge in [-0.3, -0.25) is 9.78 Å². The summed E-state index contributed by atoms with van der Waals surface area (Å²) in [6.07, 6.45) is 6.02. The smallest absolute Gasteiger partial charge is 0.337 e. The molecule has 1 amide bonds. The summed E-state index contributed by atoms with van der Waals surface area (Å²) >= 11 is 0. The minimum absolute atomic E-state index is 0. The highest BCUT2D eigenvalue weighted by Crippen LogP contribution is 2.44. The highest BCUT2D eigenvalue weighted by Gasteiger charge is 2.30. The number of ether oxygens (including phenoxy) is 1. The first-order valence-electron chi connectivity index (χ1n) is 10.6. The lowest BCUT2D eigenvalue weighted by atomic mass is 9.87. The molecule has 164 valence electrons. The third kappa shape index (κ3) is 3.94. The van der Waals surface area contributed by atoms with E-state index in [0.717, 1.165) is 53.7 Å². The Balaban J connectivity index is 0.00000272. The van der Waals surface area contributed by atoms with Gasteiger partial charge < -0.3 is 14.6 Å². The number of anilines is 1. The van der Waals surface area contributed by atoms with Crippen LogP contribution in [0.4, 0.5) is 5.69 Å². The largest absolute Gasteiger partial charge is 0.465 e. The van der Waals surface area contributed by atoms with E-state index < -0.39 is 0 Å². The van der Waals surface area contributed by atoms with Gasteiger partial charge in [-0.15, -0.1) is 0 Å². The third-order valence-corrected chi connectivity index (χ3v) is 5.82. The summed E-state index contributed by atoms with van der Waals surface area (Å²) in [5.41, 5.74) is 5.06. The van der Waals surface area contributed by atoms with Crippen molar-refractivity contribution in [3.05, 3.63) is 47.7 Å². The number of pyridine rings is 1.